The summed E-state index contributed by atoms with van der Waals surface area (Å²) < 4.78 is 0. The Kier molecular flexibility index (Phi) is 20.1. The van der Waals surface area contributed by atoms with Gasteiger partial charge in [0.15, 0.2) is 0 Å². The van der Waals surface area contributed by atoms with Gasteiger partial charge >= 0.3 is 0 Å². The highest BCUT2D eigenvalue weighted by molar-refractivity contribution is 7.76. The van der Waals surface area contributed by atoms with Crippen LogP contribution in [0.3, 0.4) is 0 Å². The Bertz CT molecular complexity index is 273. The van der Waals surface area contributed by atoms with Crippen molar-refractivity contribution in [1.29, 1.82) is 0 Å². The van der Waals surface area contributed by atoms with Crippen LogP contribution in [0.4, 0.5) is 0 Å². The first kappa shape index (κ1) is 29.9. The molecule has 0 bridgehead atoms. The third-order valence-electron chi connectivity index (χ3n) is 6.95. The molecular formula is C27H60P2+2. The molecule has 0 spiro atoms. The maximum atomic E-state index is 2.42. The van der Waals surface area contributed by atoms with E-state index in [-0.39, 0.29) is 0 Å². The molecule has 0 rings (SSSR count). The van der Waals surface area contributed by atoms with Crippen LogP contribution in [0.2, 0.25) is 0 Å². The molecule has 0 aromatic carbocycles. The van der Waals surface area contributed by atoms with Gasteiger partial charge in [0.05, 0.1) is 49.3 Å². The van der Waals surface area contributed by atoms with Crippen LogP contribution < -0.4 is 0 Å². The lowest BCUT2D eigenvalue weighted by atomic mass is 10.1. The van der Waals surface area contributed by atoms with Gasteiger partial charge in [0.1, 0.15) is 0 Å². The second-order valence-corrected chi connectivity index (χ2v) is 18.9. The highest BCUT2D eigenvalue weighted by Gasteiger charge is 2.34. The van der Waals surface area contributed by atoms with Crippen LogP contribution in [0, 0.1) is 0 Å². The van der Waals surface area contributed by atoms with Gasteiger partial charge in [-0.15, -0.1) is 0 Å². The van der Waals surface area contributed by atoms with Crippen LogP contribution >= 0.6 is 14.5 Å². The first-order chi connectivity index (χ1) is 14.1. The minimum Gasteiger partial charge on any atom is -0.0619 e. The van der Waals surface area contributed by atoms with Gasteiger partial charge in [-0.2, -0.15) is 0 Å². The predicted molar refractivity (Wildman–Crippen MR) is 147 cm³/mol. The number of hydrogen-bond acceptors (Lipinski definition) is 0. The van der Waals surface area contributed by atoms with Crippen molar-refractivity contribution in [3.8, 4) is 0 Å². The molecule has 0 aromatic rings. The molecule has 0 aromatic heterocycles. The lowest BCUT2D eigenvalue weighted by Gasteiger charge is -2.27. The summed E-state index contributed by atoms with van der Waals surface area (Å²) in [5.41, 5.74) is 0. The summed E-state index contributed by atoms with van der Waals surface area (Å²) in [6, 6.07) is 0. The average Bonchev–Trinajstić information content (AvgIpc) is 2.68. The summed E-state index contributed by atoms with van der Waals surface area (Å²) in [6.07, 6.45) is 31.8. The van der Waals surface area contributed by atoms with E-state index < -0.39 is 14.5 Å². The molecule has 0 nitrogen and oxygen atoms in total. The smallest absolute Gasteiger partial charge is 0.0594 e. The summed E-state index contributed by atoms with van der Waals surface area (Å²) in [4.78, 5) is 0. The molecule has 0 amide bonds. The average molecular weight is 447 g/mol. The Morgan fingerprint density at radius 3 is 0.690 bits per heavy atom. The maximum Gasteiger partial charge on any atom is 0.0594 e. The van der Waals surface area contributed by atoms with Gasteiger partial charge in [0.2, 0.25) is 0 Å². The molecular weight excluding hydrogens is 386 g/mol. The summed E-state index contributed by atoms with van der Waals surface area (Å²) in [7, 11) is -1.20. The van der Waals surface area contributed by atoms with Crippen LogP contribution in [0.25, 0.3) is 0 Å². The van der Waals surface area contributed by atoms with Gasteiger partial charge in [0, 0.05) is 14.5 Å². The zero-order valence-corrected chi connectivity index (χ0v) is 23.5. The molecule has 29 heavy (non-hydrogen) atoms. The molecule has 0 saturated carbocycles. The quantitative estimate of drug-likeness (QED) is 0.115. The summed E-state index contributed by atoms with van der Waals surface area (Å²) >= 11 is 0. The van der Waals surface area contributed by atoms with Crippen molar-refractivity contribution in [1.82, 2.24) is 0 Å². The predicted octanol–water partition coefficient (Wildman–Crippen LogP) is 10.2. The van der Waals surface area contributed by atoms with Crippen molar-refractivity contribution in [2.45, 2.75) is 125 Å². The van der Waals surface area contributed by atoms with Crippen molar-refractivity contribution in [3.05, 3.63) is 0 Å². The van der Waals surface area contributed by atoms with Gasteiger partial charge in [-0.3, -0.25) is 0 Å². The fourth-order valence-corrected chi connectivity index (χ4v) is 16.1. The van der Waals surface area contributed by atoms with Gasteiger partial charge in [-0.25, -0.2) is 0 Å². The molecule has 0 N–H and O–H groups in total. The van der Waals surface area contributed by atoms with Crippen LogP contribution in [0.5, 0.6) is 0 Å². The van der Waals surface area contributed by atoms with Crippen LogP contribution in [-0.2, 0) is 0 Å². The Morgan fingerprint density at radius 1 is 0.276 bits per heavy atom. The fourth-order valence-electron chi connectivity index (χ4n) is 5.97. The molecule has 176 valence electrons. The Balaban J connectivity index is 4.05. The van der Waals surface area contributed by atoms with Crippen molar-refractivity contribution in [3.63, 3.8) is 0 Å². The standard InChI is InChI=1S/C27H60P2/c1-7-20-28(21-8-2,22-9-3)26-18-16-14-13-15-17-19-27-29(23-10-4,24-11-5)25-12-6/h7-27H2,1-6H3/q+2. The molecule has 2 heteroatoms. The molecule has 0 aliphatic carbocycles. The Labute approximate surface area is 188 Å². The molecule has 0 aliphatic rings. The molecule has 0 unspecified atom stereocenters. The topological polar surface area (TPSA) is 0 Å². The zero-order chi connectivity index (χ0) is 21.8. The second-order valence-electron chi connectivity index (χ2n) is 9.95. The first-order valence-electron chi connectivity index (χ1n) is 13.8. The molecule has 0 radical (unpaired) electrons. The lowest BCUT2D eigenvalue weighted by molar-refractivity contribution is 0.602. The molecule has 0 heterocycles. The molecule has 0 saturated heterocycles. The van der Waals surface area contributed by atoms with Gasteiger partial charge in [0.25, 0.3) is 0 Å². The third kappa shape index (κ3) is 13.8. The normalized spacial score (nSPS) is 12.6. The van der Waals surface area contributed by atoms with Crippen molar-refractivity contribution >= 4 is 14.5 Å². The van der Waals surface area contributed by atoms with E-state index >= 15 is 0 Å². The van der Waals surface area contributed by atoms with Crippen molar-refractivity contribution < 1.29 is 0 Å². The van der Waals surface area contributed by atoms with E-state index in [1.165, 1.54) is 83.5 Å². The Morgan fingerprint density at radius 2 is 0.483 bits per heavy atom. The minimum atomic E-state index is -0.598. The minimum absolute atomic E-state index is 0.598. The van der Waals surface area contributed by atoms with E-state index in [0.29, 0.717) is 0 Å². The van der Waals surface area contributed by atoms with Gasteiger partial charge in [-0.1, -0.05) is 60.8 Å². The number of rotatable bonds is 22. The molecule has 0 fully saturated rings. The molecule has 0 atom stereocenters. The largest absolute Gasteiger partial charge is 0.0619 e. The Hall–Kier alpha value is 0.860. The fraction of sp³-hybridized carbons (Fsp3) is 1.00. The third-order valence-corrected chi connectivity index (χ3v) is 17.9. The van der Waals surface area contributed by atoms with E-state index in [1.807, 2.05) is 0 Å². The highest BCUT2D eigenvalue weighted by atomic mass is 31.2. The summed E-state index contributed by atoms with van der Waals surface area (Å²) in [5, 5.41) is 0. The second kappa shape index (κ2) is 19.5. The lowest BCUT2D eigenvalue weighted by Crippen LogP contribution is -2.11. The van der Waals surface area contributed by atoms with E-state index in [4.69, 9.17) is 0 Å². The van der Waals surface area contributed by atoms with E-state index in [1.54, 1.807) is 49.3 Å². The van der Waals surface area contributed by atoms with Crippen LogP contribution in [-0.4, -0.2) is 49.3 Å². The molecule has 0 aliphatic heterocycles. The van der Waals surface area contributed by atoms with E-state index in [2.05, 4.69) is 41.5 Å². The van der Waals surface area contributed by atoms with Crippen molar-refractivity contribution in [2.75, 3.05) is 49.3 Å². The van der Waals surface area contributed by atoms with Gasteiger partial charge < -0.3 is 0 Å². The highest BCUT2D eigenvalue weighted by Crippen LogP contribution is 2.61. The number of hydrogen-bond donors (Lipinski definition) is 0. The van der Waals surface area contributed by atoms with Crippen LogP contribution in [0.15, 0.2) is 0 Å². The van der Waals surface area contributed by atoms with Crippen LogP contribution in [0.1, 0.15) is 125 Å². The summed E-state index contributed by atoms with van der Waals surface area (Å²) in [6.45, 7) is 14.5. The van der Waals surface area contributed by atoms with E-state index in [0.717, 1.165) is 0 Å². The van der Waals surface area contributed by atoms with E-state index in [9.17, 15) is 0 Å². The SMILES string of the molecule is CCC[P+](CCC)(CCC)CCCCCCCCC[P+](CCC)(CCC)CCC. The summed E-state index contributed by atoms with van der Waals surface area (Å²) in [5.74, 6) is 0. The monoisotopic (exact) mass is 446 g/mol. The maximum absolute atomic E-state index is 2.42. The first-order valence-corrected chi connectivity index (χ1v) is 18.8. The number of unbranched alkanes of at least 4 members (excludes halogenated alkanes) is 6. The zero-order valence-electron chi connectivity index (χ0n) is 21.7. The van der Waals surface area contributed by atoms with Gasteiger partial charge in [-0.05, 0) is 64.2 Å². The van der Waals surface area contributed by atoms with Crippen molar-refractivity contribution in [2.24, 2.45) is 0 Å².